The summed E-state index contributed by atoms with van der Waals surface area (Å²) in [5, 5.41) is 20.9. The number of pyridine rings is 1. The smallest absolute Gasteiger partial charge is 0.230 e. The van der Waals surface area contributed by atoms with Crippen LogP contribution in [0.3, 0.4) is 0 Å². The Morgan fingerprint density at radius 2 is 1.79 bits per heavy atom. The molecule has 0 saturated carbocycles. The molecule has 6 aromatic rings. The Hall–Kier alpha value is -4.92. The van der Waals surface area contributed by atoms with E-state index in [1.54, 1.807) is 16.9 Å². The van der Waals surface area contributed by atoms with Gasteiger partial charge in [-0.3, -0.25) is 9.78 Å². The van der Waals surface area contributed by atoms with Gasteiger partial charge in [-0.25, -0.2) is 0 Å². The Morgan fingerprint density at radius 1 is 0.912 bits per heavy atom. The zero-order chi connectivity index (χ0) is 22.9. The van der Waals surface area contributed by atoms with Crippen molar-refractivity contribution in [2.75, 3.05) is 5.32 Å². The van der Waals surface area contributed by atoms with Gasteiger partial charge < -0.3 is 9.84 Å². The SMILES string of the molecule is O=C(Cc1noc2ccccc12)Nc1ccc(-c2ccc3nnc(-c4cccnc4)n3n2)cc1. The molecule has 1 N–H and O–H groups in total. The number of aromatic nitrogens is 6. The number of nitrogens with one attached hydrogen (secondary N) is 1. The second kappa shape index (κ2) is 8.21. The van der Waals surface area contributed by atoms with Crippen LogP contribution >= 0.6 is 0 Å². The molecule has 0 aliphatic heterocycles. The summed E-state index contributed by atoms with van der Waals surface area (Å²) in [6.07, 6.45) is 3.56. The van der Waals surface area contributed by atoms with E-state index < -0.39 is 0 Å². The monoisotopic (exact) mass is 447 g/mol. The number of nitrogens with zero attached hydrogens (tertiary/aromatic N) is 6. The maximum absolute atomic E-state index is 12.5. The molecule has 164 valence electrons. The van der Waals surface area contributed by atoms with Crippen LogP contribution in [-0.4, -0.2) is 35.9 Å². The third-order valence-electron chi connectivity index (χ3n) is 5.43. The summed E-state index contributed by atoms with van der Waals surface area (Å²) in [5.74, 6) is 0.450. The molecule has 4 heterocycles. The molecule has 2 aromatic carbocycles. The quantitative estimate of drug-likeness (QED) is 0.422. The van der Waals surface area contributed by atoms with Crippen LogP contribution < -0.4 is 5.32 Å². The topological polar surface area (TPSA) is 111 Å². The second-order valence-corrected chi connectivity index (χ2v) is 7.68. The molecule has 0 bridgehead atoms. The van der Waals surface area contributed by atoms with Crippen LogP contribution in [0.15, 0.2) is 89.7 Å². The van der Waals surface area contributed by atoms with Crippen molar-refractivity contribution in [2.45, 2.75) is 6.42 Å². The minimum atomic E-state index is -0.169. The molecule has 0 fully saturated rings. The first-order chi connectivity index (χ1) is 16.7. The molecule has 9 heteroatoms. The maximum atomic E-state index is 12.5. The van der Waals surface area contributed by atoms with Crippen LogP contribution in [0.2, 0.25) is 0 Å². The van der Waals surface area contributed by atoms with E-state index in [-0.39, 0.29) is 12.3 Å². The summed E-state index contributed by atoms with van der Waals surface area (Å²) in [5.41, 5.74) is 5.09. The van der Waals surface area contributed by atoms with Gasteiger partial charge in [0.2, 0.25) is 5.91 Å². The van der Waals surface area contributed by atoms with E-state index >= 15 is 0 Å². The number of benzene rings is 2. The van der Waals surface area contributed by atoms with Crippen LogP contribution in [-0.2, 0) is 11.2 Å². The second-order valence-electron chi connectivity index (χ2n) is 7.68. The van der Waals surface area contributed by atoms with Crippen LogP contribution in [0, 0.1) is 0 Å². The number of hydrogen-bond acceptors (Lipinski definition) is 7. The summed E-state index contributed by atoms with van der Waals surface area (Å²) in [7, 11) is 0. The lowest BCUT2D eigenvalue weighted by atomic mass is 10.1. The van der Waals surface area contributed by atoms with Gasteiger partial charge in [-0.05, 0) is 48.5 Å². The summed E-state index contributed by atoms with van der Waals surface area (Å²) < 4.78 is 6.97. The van der Waals surface area contributed by atoms with Crippen molar-refractivity contribution in [3.63, 3.8) is 0 Å². The van der Waals surface area contributed by atoms with Gasteiger partial charge in [-0.2, -0.15) is 9.61 Å². The van der Waals surface area contributed by atoms with Crippen molar-refractivity contribution in [3.05, 3.63) is 90.9 Å². The van der Waals surface area contributed by atoms with E-state index in [1.807, 2.05) is 72.8 Å². The number of carbonyl (C=O) groups excluding carboxylic acids is 1. The largest absolute Gasteiger partial charge is 0.356 e. The van der Waals surface area contributed by atoms with Crippen LogP contribution in [0.25, 0.3) is 39.3 Å². The Kier molecular flexibility index (Phi) is 4.77. The normalized spacial score (nSPS) is 11.2. The fourth-order valence-corrected chi connectivity index (χ4v) is 3.77. The summed E-state index contributed by atoms with van der Waals surface area (Å²) >= 11 is 0. The van der Waals surface area contributed by atoms with Crippen LogP contribution in [0.5, 0.6) is 0 Å². The van der Waals surface area contributed by atoms with Crippen molar-refractivity contribution in [1.82, 2.24) is 30.0 Å². The molecule has 0 radical (unpaired) electrons. The Morgan fingerprint density at radius 3 is 2.65 bits per heavy atom. The molecule has 0 aliphatic carbocycles. The number of carbonyl (C=O) groups is 1. The summed E-state index contributed by atoms with van der Waals surface area (Å²) in [6.45, 7) is 0. The van der Waals surface area contributed by atoms with E-state index in [0.29, 0.717) is 28.4 Å². The number of hydrogen-bond donors (Lipinski definition) is 1. The molecule has 9 nitrogen and oxygen atoms in total. The standard InChI is InChI=1S/C25H17N7O2/c33-24(14-21-19-5-1-2-6-22(19)34-31-21)27-18-9-7-16(8-10-18)20-11-12-23-28-29-25(32(23)30-20)17-4-3-13-26-15-17/h1-13,15H,14H2,(H,27,33). The summed E-state index contributed by atoms with van der Waals surface area (Å²) in [6, 6.07) is 22.5. The molecule has 6 rings (SSSR count). The molecular formula is C25H17N7O2. The predicted octanol–water partition coefficient (Wildman–Crippen LogP) is 4.18. The first kappa shape index (κ1) is 19.7. The highest BCUT2D eigenvalue weighted by Gasteiger charge is 2.13. The first-order valence-corrected chi connectivity index (χ1v) is 10.6. The lowest BCUT2D eigenvalue weighted by Gasteiger charge is -2.07. The molecule has 34 heavy (non-hydrogen) atoms. The maximum Gasteiger partial charge on any atom is 0.230 e. The van der Waals surface area contributed by atoms with E-state index in [1.165, 1.54) is 0 Å². The molecule has 0 unspecified atom stereocenters. The Bertz CT molecular complexity index is 1620. The average molecular weight is 447 g/mol. The van der Waals surface area contributed by atoms with E-state index in [4.69, 9.17) is 9.62 Å². The highest BCUT2D eigenvalue weighted by atomic mass is 16.5. The van der Waals surface area contributed by atoms with E-state index in [2.05, 4.69) is 25.7 Å². The minimum absolute atomic E-state index is 0.127. The Balaban J connectivity index is 1.21. The fourth-order valence-electron chi connectivity index (χ4n) is 3.77. The molecule has 4 aromatic heterocycles. The van der Waals surface area contributed by atoms with Gasteiger partial charge in [0, 0.05) is 34.6 Å². The fraction of sp³-hybridized carbons (Fsp3) is 0.0400. The molecular weight excluding hydrogens is 430 g/mol. The van der Waals surface area contributed by atoms with Gasteiger partial charge in [-0.15, -0.1) is 10.2 Å². The van der Waals surface area contributed by atoms with E-state index in [9.17, 15) is 4.79 Å². The predicted molar refractivity (Wildman–Crippen MR) is 126 cm³/mol. The van der Waals surface area contributed by atoms with Crippen LogP contribution in [0.4, 0.5) is 5.69 Å². The summed E-state index contributed by atoms with van der Waals surface area (Å²) in [4.78, 5) is 16.7. The van der Waals surface area contributed by atoms with Crippen molar-refractivity contribution < 1.29 is 9.32 Å². The number of fused-ring (bicyclic) bond motifs is 2. The molecule has 0 spiro atoms. The highest BCUT2D eigenvalue weighted by Crippen LogP contribution is 2.23. The van der Waals surface area contributed by atoms with Gasteiger partial charge in [0.1, 0.15) is 5.69 Å². The number of anilines is 1. The molecule has 0 atom stereocenters. The van der Waals surface area contributed by atoms with Gasteiger partial charge >= 0.3 is 0 Å². The minimum Gasteiger partial charge on any atom is -0.356 e. The zero-order valence-corrected chi connectivity index (χ0v) is 17.8. The van der Waals surface area contributed by atoms with Gasteiger partial charge in [0.15, 0.2) is 17.1 Å². The highest BCUT2D eigenvalue weighted by molar-refractivity contribution is 5.94. The average Bonchev–Trinajstić information content (AvgIpc) is 3.49. The first-order valence-electron chi connectivity index (χ1n) is 10.6. The zero-order valence-electron chi connectivity index (χ0n) is 17.8. The van der Waals surface area contributed by atoms with Crippen molar-refractivity contribution >= 4 is 28.2 Å². The molecule has 0 aliphatic rings. The Labute approximate surface area is 193 Å². The lowest BCUT2D eigenvalue weighted by Crippen LogP contribution is -2.14. The third kappa shape index (κ3) is 3.65. The lowest BCUT2D eigenvalue weighted by molar-refractivity contribution is -0.115. The van der Waals surface area contributed by atoms with Gasteiger partial charge in [-0.1, -0.05) is 29.4 Å². The van der Waals surface area contributed by atoms with Crippen LogP contribution in [0.1, 0.15) is 5.69 Å². The number of amides is 1. The van der Waals surface area contributed by atoms with E-state index in [0.717, 1.165) is 22.2 Å². The number of rotatable bonds is 5. The van der Waals surface area contributed by atoms with Crippen molar-refractivity contribution in [2.24, 2.45) is 0 Å². The molecule has 0 saturated heterocycles. The van der Waals surface area contributed by atoms with Crippen molar-refractivity contribution in [1.29, 1.82) is 0 Å². The van der Waals surface area contributed by atoms with Gasteiger partial charge in [0.25, 0.3) is 0 Å². The van der Waals surface area contributed by atoms with Gasteiger partial charge in [0.05, 0.1) is 12.1 Å². The third-order valence-corrected chi connectivity index (χ3v) is 5.43. The van der Waals surface area contributed by atoms with Crippen molar-refractivity contribution in [3.8, 4) is 22.6 Å². The molecule has 1 amide bonds. The number of para-hydroxylation sites is 1.